The normalized spacial score (nSPS) is 15.2. The van der Waals surface area contributed by atoms with E-state index in [1.54, 1.807) is 6.07 Å². The number of nitrogens with zero attached hydrogens (tertiary/aromatic N) is 2. The lowest BCUT2D eigenvalue weighted by Gasteiger charge is -2.32. The first kappa shape index (κ1) is 24.9. The highest BCUT2D eigenvalue weighted by atomic mass is 19.4. The number of hydrogen-bond acceptors (Lipinski definition) is 3. The number of hydrogen-bond donors (Lipinski definition) is 1. The van der Waals surface area contributed by atoms with Crippen molar-refractivity contribution in [1.29, 1.82) is 0 Å². The van der Waals surface area contributed by atoms with E-state index in [0.29, 0.717) is 24.2 Å². The van der Waals surface area contributed by atoms with Crippen molar-refractivity contribution in [2.75, 3.05) is 13.1 Å². The molecule has 1 saturated heterocycles. The molecular weight excluding hydrogens is 451 g/mol. The molecule has 7 heteroatoms. The lowest BCUT2D eigenvalue weighted by Crippen LogP contribution is -2.34. The van der Waals surface area contributed by atoms with Gasteiger partial charge in [-0.1, -0.05) is 48.0 Å². The minimum absolute atomic E-state index is 0.132. The van der Waals surface area contributed by atoms with Crippen LogP contribution in [0.25, 0.3) is 0 Å². The van der Waals surface area contributed by atoms with Crippen LogP contribution >= 0.6 is 0 Å². The molecule has 2 aromatic carbocycles. The second-order valence-corrected chi connectivity index (χ2v) is 9.30. The van der Waals surface area contributed by atoms with Gasteiger partial charge in [0.05, 0.1) is 16.8 Å². The molecule has 0 unspecified atom stereocenters. The lowest BCUT2D eigenvalue weighted by atomic mass is 9.89. The standard InChI is InChI=1S/C28H30F3N3O/c1-19-6-9-21(10-7-19)17-32-27(35)25-11-8-20(2)33-26(25)23-12-14-34(15-13-23)18-22-4-3-5-24(16-22)28(29,30)31/h3-11,16,23H,12-15,17-18H2,1-2H3,(H,32,35). The molecule has 0 radical (unpaired) electrons. The molecule has 0 atom stereocenters. The van der Waals surface area contributed by atoms with E-state index >= 15 is 0 Å². The van der Waals surface area contributed by atoms with Gasteiger partial charge in [-0.25, -0.2) is 0 Å². The van der Waals surface area contributed by atoms with Crippen LogP contribution in [0.1, 0.15) is 62.8 Å². The fourth-order valence-corrected chi connectivity index (χ4v) is 4.53. The Labute approximate surface area is 204 Å². The number of carbonyl (C=O) groups excluding carboxylic acids is 1. The van der Waals surface area contributed by atoms with Gasteiger partial charge in [0.1, 0.15) is 0 Å². The van der Waals surface area contributed by atoms with Crippen molar-refractivity contribution in [2.45, 2.75) is 51.9 Å². The van der Waals surface area contributed by atoms with Crippen molar-refractivity contribution >= 4 is 5.91 Å². The topological polar surface area (TPSA) is 45.2 Å². The number of pyridine rings is 1. The van der Waals surface area contributed by atoms with Gasteiger partial charge in [0, 0.05) is 24.7 Å². The number of likely N-dealkylation sites (tertiary alicyclic amines) is 1. The van der Waals surface area contributed by atoms with Crippen molar-refractivity contribution in [3.8, 4) is 0 Å². The van der Waals surface area contributed by atoms with Crippen molar-refractivity contribution in [3.05, 3.63) is 99.9 Å². The summed E-state index contributed by atoms with van der Waals surface area (Å²) in [6.45, 7) is 6.34. The van der Waals surface area contributed by atoms with Gasteiger partial charge in [-0.05, 0) is 69.1 Å². The van der Waals surface area contributed by atoms with Gasteiger partial charge in [0.25, 0.3) is 5.91 Å². The van der Waals surface area contributed by atoms with Gasteiger partial charge in [0.2, 0.25) is 0 Å². The number of amides is 1. The summed E-state index contributed by atoms with van der Waals surface area (Å²) in [5.41, 5.74) is 4.52. The van der Waals surface area contributed by atoms with Gasteiger partial charge >= 0.3 is 6.18 Å². The van der Waals surface area contributed by atoms with E-state index in [2.05, 4.69) is 10.2 Å². The van der Waals surface area contributed by atoms with Crippen LogP contribution in [0.5, 0.6) is 0 Å². The van der Waals surface area contributed by atoms with Crippen LogP contribution in [0, 0.1) is 13.8 Å². The maximum Gasteiger partial charge on any atom is 0.416 e. The van der Waals surface area contributed by atoms with Crippen LogP contribution in [-0.2, 0) is 19.3 Å². The van der Waals surface area contributed by atoms with Crippen molar-refractivity contribution in [3.63, 3.8) is 0 Å². The molecule has 3 aromatic rings. The summed E-state index contributed by atoms with van der Waals surface area (Å²) >= 11 is 0. The Morgan fingerprint density at radius 3 is 2.40 bits per heavy atom. The van der Waals surface area contributed by atoms with Gasteiger partial charge in [-0.2, -0.15) is 13.2 Å². The number of aromatic nitrogens is 1. The Morgan fingerprint density at radius 2 is 1.71 bits per heavy atom. The Hall–Kier alpha value is -3.19. The van der Waals surface area contributed by atoms with Gasteiger partial charge < -0.3 is 5.32 Å². The second-order valence-electron chi connectivity index (χ2n) is 9.30. The van der Waals surface area contributed by atoms with E-state index in [9.17, 15) is 18.0 Å². The van der Waals surface area contributed by atoms with E-state index in [4.69, 9.17) is 4.98 Å². The van der Waals surface area contributed by atoms with E-state index in [1.807, 2.05) is 50.2 Å². The minimum atomic E-state index is -4.34. The van der Waals surface area contributed by atoms with Crippen LogP contribution < -0.4 is 5.32 Å². The molecule has 1 aromatic heterocycles. The predicted octanol–water partition coefficient (Wildman–Crippen LogP) is 6.03. The number of carbonyl (C=O) groups is 1. The third-order valence-electron chi connectivity index (χ3n) is 6.52. The molecule has 0 spiro atoms. The van der Waals surface area contributed by atoms with Crippen LogP contribution in [0.4, 0.5) is 13.2 Å². The molecule has 4 nitrogen and oxygen atoms in total. The molecule has 4 rings (SSSR count). The maximum absolute atomic E-state index is 13.0. The maximum atomic E-state index is 13.0. The van der Waals surface area contributed by atoms with Crippen LogP contribution in [0.15, 0.2) is 60.7 Å². The van der Waals surface area contributed by atoms with Crippen LogP contribution in [-0.4, -0.2) is 28.9 Å². The zero-order valence-corrected chi connectivity index (χ0v) is 20.0. The molecule has 35 heavy (non-hydrogen) atoms. The molecule has 2 heterocycles. The zero-order valence-electron chi connectivity index (χ0n) is 20.0. The summed E-state index contributed by atoms with van der Waals surface area (Å²) in [6.07, 6.45) is -2.74. The molecule has 1 aliphatic heterocycles. The number of alkyl halides is 3. The fourth-order valence-electron chi connectivity index (χ4n) is 4.53. The number of nitrogens with one attached hydrogen (secondary N) is 1. The first-order chi connectivity index (χ1) is 16.7. The summed E-state index contributed by atoms with van der Waals surface area (Å²) in [6, 6.07) is 17.3. The van der Waals surface area contributed by atoms with E-state index in [1.165, 1.54) is 17.7 Å². The third kappa shape index (κ3) is 6.48. The van der Waals surface area contributed by atoms with E-state index < -0.39 is 11.7 Å². The second kappa shape index (κ2) is 10.6. The van der Waals surface area contributed by atoms with Crippen molar-refractivity contribution in [1.82, 2.24) is 15.2 Å². The molecule has 0 bridgehead atoms. The Balaban J connectivity index is 1.40. The molecular formula is C28H30F3N3O. The van der Waals surface area contributed by atoms with Gasteiger partial charge in [0.15, 0.2) is 0 Å². The summed E-state index contributed by atoms with van der Waals surface area (Å²) in [5, 5.41) is 3.01. The number of aryl methyl sites for hydroxylation is 2. The first-order valence-corrected chi connectivity index (χ1v) is 11.9. The zero-order chi connectivity index (χ0) is 25.0. The molecule has 1 amide bonds. The fraction of sp³-hybridized carbons (Fsp3) is 0.357. The average Bonchev–Trinajstić information content (AvgIpc) is 2.83. The van der Waals surface area contributed by atoms with Crippen LogP contribution in [0.3, 0.4) is 0 Å². The smallest absolute Gasteiger partial charge is 0.348 e. The van der Waals surface area contributed by atoms with E-state index in [-0.39, 0.29) is 11.8 Å². The Morgan fingerprint density at radius 1 is 1.00 bits per heavy atom. The predicted molar refractivity (Wildman–Crippen MR) is 130 cm³/mol. The summed E-state index contributed by atoms with van der Waals surface area (Å²) in [4.78, 5) is 19.9. The summed E-state index contributed by atoms with van der Waals surface area (Å²) < 4.78 is 39.1. The molecule has 1 aliphatic rings. The summed E-state index contributed by atoms with van der Waals surface area (Å²) in [7, 11) is 0. The average molecular weight is 482 g/mol. The molecule has 0 aliphatic carbocycles. The molecule has 1 N–H and O–H groups in total. The van der Waals surface area contributed by atoms with Crippen molar-refractivity contribution < 1.29 is 18.0 Å². The first-order valence-electron chi connectivity index (χ1n) is 11.9. The highest BCUT2D eigenvalue weighted by Gasteiger charge is 2.31. The van der Waals surface area contributed by atoms with Crippen molar-refractivity contribution in [2.24, 2.45) is 0 Å². The van der Waals surface area contributed by atoms with Crippen LogP contribution in [0.2, 0.25) is 0 Å². The van der Waals surface area contributed by atoms with Gasteiger partial charge in [-0.3, -0.25) is 14.7 Å². The molecule has 0 saturated carbocycles. The number of benzene rings is 2. The van der Waals surface area contributed by atoms with Gasteiger partial charge in [-0.15, -0.1) is 0 Å². The third-order valence-corrected chi connectivity index (χ3v) is 6.52. The molecule has 1 fully saturated rings. The SMILES string of the molecule is Cc1ccc(CNC(=O)c2ccc(C)nc2C2CCN(Cc3cccc(C(F)(F)F)c3)CC2)cc1. The Bertz CT molecular complexity index is 1170. The summed E-state index contributed by atoms with van der Waals surface area (Å²) in [5.74, 6) is -0.00717. The number of piperidine rings is 1. The highest BCUT2D eigenvalue weighted by molar-refractivity contribution is 5.95. The number of halogens is 3. The largest absolute Gasteiger partial charge is 0.416 e. The monoisotopic (exact) mass is 481 g/mol. The highest BCUT2D eigenvalue weighted by Crippen LogP contribution is 2.32. The minimum Gasteiger partial charge on any atom is -0.348 e. The van der Waals surface area contributed by atoms with E-state index in [0.717, 1.165) is 48.9 Å². The molecule has 184 valence electrons. The number of rotatable bonds is 6. The quantitative estimate of drug-likeness (QED) is 0.468. The Kier molecular flexibility index (Phi) is 7.55. The lowest BCUT2D eigenvalue weighted by molar-refractivity contribution is -0.137.